The number of methoxy groups -OCH3 is 1. The highest BCUT2D eigenvalue weighted by Crippen LogP contribution is 2.19. The quantitative estimate of drug-likeness (QED) is 0.657. The molecule has 5 nitrogen and oxygen atoms in total. The van der Waals surface area contributed by atoms with Crippen LogP contribution in [0.3, 0.4) is 0 Å². The zero-order chi connectivity index (χ0) is 15.0. The molecule has 0 aliphatic carbocycles. The lowest BCUT2D eigenvalue weighted by atomic mass is 10.2. The summed E-state index contributed by atoms with van der Waals surface area (Å²) in [6, 6.07) is 3.82. The van der Waals surface area contributed by atoms with Gasteiger partial charge in [-0.25, -0.2) is 9.18 Å². The lowest BCUT2D eigenvalue weighted by Crippen LogP contribution is -2.13. The SMILES string of the molecule is C/C=C/C=C/C(=O)Nc1ccc(F)c(NC(=O)OC)c1. The summed E-state index contributed by atoms with van der Waals surface area (Å²) in [7, 11) is 1.17. The summed E-state index contributed by atoms with van der Waals surface area (Å²) in [5.74, 6) is -0.989. The molecule has 106 valence electrons. The maximum absolute atomic E-state index is 13.4. The number of hydrogen-bond donors (Lipinski definition) is 2. The van der Waals surface area contributed by atoms with E-state index in [1.54, 1.807) is 18.2 Å². The van der Waals surface area contributed by atoms with Gasteiger partial charge in [-0.3, -0.25) is 10.1 Å². The summed E-state index contributed by atoms with van der Waals surface area (Å²) in [5, 5.41) is 4.75. The van der Waals surface area contributed by atoms with E-state index in [4.69, 9.17) is 0 Å². The molecule has 0 heterocycles. The molecule has 0 aliphatic heterocycles. The molecule has 0 radical (unpaired) electrons. The van der Waals surface area contributed by atoms with Gasteiger partial charge in [-0.15, -0.1) is 0 Å². The van der Waals surface area contributed by atoms with Gasteiger partial charge in [-0.2, -0.15) is 0 Å². The number of amides is 2. The first kappa shape index (κ1) is 15.4. The van der Waals surface area contributed by atoms with E-state index in [9.17, 15) is 14.0 Å². The molecule has 0 aromatic heterocycles. The van der Waals surface area contributed by atoms with Gasteiger partial charge in [0.2, 0.25) is 5.91 Å². The topological polar surface area (TPSA) is 67.4 Å². The minimum Gasteiger partial charge on any atom is -0.453 e. The highest BCUT2D eigenvalue weighted by atomic mass is 19.1. The minimum absolute atomic E-state index is 0.0768. The van der Waals surface area contributed by atoms with Crippen LogP contribution in [0.2, 0.25) is 0 Å². The van der Waals surface area contributed by atoms with E-state index in [0.717, 1.165) is 6.07 Å². The molecular weight excluding hydrogens is 263 g/mol. The Bertz CT molecular complexity index is 553. The van der Waals surface area contributed by atoms with E-state index in [0.29, 0.717) is 5.69 Å². The molecule has 0 unspecified atom stereocenters. The molecule has 2 amide bonds. The van der Waals surface area contributed by atoms with Crippen molar-refractivity contribution in [3.8, 4) is 0 Å². The maximum Gasteiger partial charge on any atom is 0.411 e. The number of benzene rings is 1. The predicted molar refractivity (Wildman–Crippen MR) is 75.0 cm³/mol. The smallest absolute Gasteiger partial charge is 0.411 e. The third kappa shape index (κ3) is 4.93. The maximum atomic E-state index is 13.4. The average Bonchev–Trinajstić information content (AvgIpc) is 2.42. The van der Waals surface area contributed by atoms with Gasteiger partial charge in [-0.05, 0) is 25.1 Å². The standard InChI is InChI=1S/C14H15FN2O3/c1-3-4-5-6-13(18)16-10-7-8-11(15)12(9-10)17-14(19)20-2/h3-9H,1-2H3,(H,16,18)(H,17,19)/b4-3+,6-5+. The van der Waals surface area contributed by atoms with Crippen LogP contribution in [0.5, 0.6) is 0 Å². The Balaban J connectivity index is 2.79. The van der Waals surface area contributed by atoms with Gasteiger partial charge in [0.15, 0.2) is 0 Å². The second-order valence-electron chi connectivity index (χ2n) is 3.69. The molecule has 0 fully saturated rings. The van der Waals surface area contributed by atoms with Crippen LogP contribution >= 0.6 is 0 Å². The van der Waals surface area contributed by atoms with E-state index in [1.165, 1.54) is 25.3 Å². The number of nitrogens with one attached hydrogen (secondary N) is 2. The molecule has 0 bridgehead atoms. The third-order valence-electron chi connectivity index (χ3n) is 2.21. The van der Waals surface area contributed by atoms with Gasteiger partial charge in [0.05, 0.1) is 12.8 Å². The Morgan fingerprint density at radius 1 is 1.25 bits per heavy atom. The van der Waals surface area contributed by atoms with Gasteiger partial charge in [-0.1, -0.05) is 18.2 Å². The first-order chi connectivity index (χ1) is 9.56. The van der Waals surface area contributed by atoms with Crippen LogP contribution in [0.25, 0.3) is 0 Å². The Morgan fingerprint density at radius 3 is 2.65 bits per heavy atom. The Hall–Kier alpha value is -2.63. The molecule has 0 spiro atoms. The summed E-state index contributed by atoms with van der Waals surface area (Å²) < 4.78 is 17.8. The first-order valence-corrected chi connectivity index (χ1v) is 5.81. The average molecular weight is 278 g/mol. The molecule has 6 heteroatoms. The van der Waals surface area contributed by atoms with Crippen molar-refractivity contribution in [2.24, 2.45) is 0 Å². The lowest BCUT2D eigenvalue weighted by Gasteiger charge is -2.08. The van der Waals surface area contributed by atoms with Crippen LogP contribution in [-0.2, 0) is 9.53 Å². The monoisotopic (exact) mass is 278 g/mol. The summed E-state index contributed by atoms with van der Waals surface area (Å²) in [4.78, 5) is 22.6. The number of ether oxygens (including phenoxy) is 1. The van der Waals surface area contributed by atoms with Gasteiger partial charge in [0.25, 0.3) is 0 Å². The van der Waals surface area contributed by atoms with Crippen LogP contribution in [0.1, 0.15) is 6.92 Å². The van der Waals surface area contributed by atoms with Crippen molar-refractivity contribution in [3.63, 3.8) is 0 Å². The number of anilines is 2. The van der Waals surface area contributed by atoms with Gasteiger partial charge < -0.3 is 10.1 Å². The van der Waals surface area contributed by atoms with Crippen molar-refractivity contribution >= 4 is 23.4 Å². The fourth-order valence-electron chi connectivity index (χ4n) is 1.30. The summed E-state index contributed by atoms with van der Waals surface area (Å²) >= 11 is 0. The number of allylic oxidation sites excluding steroid dienone is 3. The van der Waals surface area contributed by atoms with Crippen molar-refractivity contribution in [1.29, 1.82) is 0 Å². The predicted octanol–water partition coefficient (Wildman–Crippen LogP) is 3.07. The van der Waals surface area contributed by atoms with Crippen LogP contribution in [0.4, 0.5) is 20.6 Å². The molecule has 20 heavy (non-hydrogen) atoms. The van der Waals surface area contributed by atoms with E-state index < -0.39 is 11.9 Å². The van der Waals surface area contributed by atoms with Gasteiger partial charge in [0, 0.05) is 11.8 Å². The highest BCUT2D eigenvalue weighted by Gasteiger charge is 2.08. The van der Waals surface area contributed by atoms with Crippen molar-refractivity contribution in [2.45, 2.75) is 6.92 Å². The van der Waals surface area contributed by atoms with Crippen LogP contribution in [0, 0.1) is 5.82 Å². The summed E-state index contributed by atoms with van der Waals surface area (Å²) in [6.07, 6.45) is 5.60. The lowest BCUT2D eigenvalue weighted by molar-refractivity contribution is -0.111. The molecule has 0 saturated heterocycles. The Kier molecular flexibility index (Phi) is 5.96. The fourth-order valence-corrected chi connectivity index (χ4v) is 1.30. The van der Waals surface area contributed by atoms with Gasteiger partial charge >= 0.3 is 6.09 Å². The second-order valence-corrected chi connectivity index (χ2v) is 3.69. The van der Waals surface area contributed by atoms with Crippen LogP contribution < -0.4 is 10.6 Å². The number of hydrogen-bond acceptors (Lipinski definition) is 3. The molecule has 0 aliphatic rings. The zero-order valence-electron chi connectivity index (χ0n) is 11.1. The Labute approximate surface area is 116 Å². The summed E-state index contributed by atoms with van der Waals surface area (Å²) in [5.41, 5.74) is 0.278. The molecular formula is C14H15FN2O3. The second kappa shape index (κ2) is 7.73. The highest BCUT2D eigenvalue weighted by molar-refractivity contribution is 6.00. The number of rotatable bonds is 4. The third-order valence-corrected chi connectivity index (χ3v) is 2.21. The van der Waals surface area contributed by atoms with E-state index in [2.05, 4.69) is 15.4 Å². The molecule has 0 saturated carbocycles. The molecule has 1 aromatic rings. The van der Waals surface area contributed by atoms with E-state index in [-0.39, 0.29) is 11.6 Å². The summed E-state index contributed by atoms with van der Waals surface area (Å²) in [6.45, 7) is 1.83. The normalized spacial score (nSPS) is 10.8. The Morgan fingerprint density at radius 2 is 2.00 bits per heavy atom. The molecule has 1 rings (SSSR count). The van der Waals surface area contributed by atoms with E-state index in [1.807, 2.05) is 6.92 Å². The molecule has 1 aromatic carbocycles. The van der Waals surface area contributed by atoms with Crippen molar-refractivity contribution in [1.82, 2.24) is 0 Å². The minimum atomic E-state index is -0.791. The van der Waals surface area contributed by atoms with Crippen LogP contribution in [0.15, 0.2) is 42.5 Å². The largest absolute Gasteiger partial charge is 0.453 e. The van der Waals surface area contributed by atoms with Crippen molar-refractivity contribution in [2.75, 3.05) is 17.7 Å². The molecule has 0 atom stereocenters. The van der Waals surface area contributed by atoms with Crippen LogP contribution in [-0.4, -0.2) is 19.1 Å². The van der Waals surface area contributed by atoms with E-state index >= 15 is 0 Å². The van der Waals surface area contributed by atoms with Crippen molar-refractivity contribution < 1.29 is 18.7 Å². The number of carbonyl (C=O) groups is 2. The van der Waals surface area contributed by atoms with Crippen molar-refractivity contribution in [3.05, 3.63) is 48.3 Å². The fraction of sp³-hybridized carbons (Fsp3) is 0.143. The molecule has 2 N–H and O–H groups in total. The number of carbonyl (C=O) groups excluding carboxylic acids is 2. The van der Waals surface area contributed by atoms with Gasteiger partial charge in [0.1, 0.15) is 5.82 Å². The number of halogens is 1. The zero-order valence-corrected chi connectivity index (χ0v) is 11.1. The first-order valence-electron chi connectivity index (χ1n) is 5.81.